The van der Waals surface area contributed by atoms with Crippen LogP contribution in [0.2, 0.25) is 0 Å². The van der Waals surface area contributed by atoms with Gasteiger partial charge in [0, 0.05) is 24.8 Å². The van der Waals surface area contributed by atoms with Gasteiger partial charge in [-0.2, -0.15) is 5.10 Å². The van der Waals surface area contributed by atoms with Crippen molar-refractivity contribution >= 4 is 22.5 Å². The van der Waals surface area contributed by atoms with Gasteiger partial charge in [-0.1, -0.05) is 12.1 Å². The van der Waals surface area contributed by atoms with Gasteiger partial charge in [0.25, 0.3) is 5.91 Å². The number of nitrogens with one attached hydrogen (secondary N) is 1. The SMILES string of the molecule is CNC(=O)c1ccn(-c2ccnc3c(N)cccc23)n1. The van der Waals surface area contributed by atoms with E-state index in [-0.39, 0.29) is 5.91 Å². The molecule has 0 saturated heterocycles. The maximum Gasteiger partial charge on any atom is 0.271 e. The molecule has 3 N–H and O–H groups in total. The molecule has 0 fully saturated rings. The molecule has 0 atom stereocenters. The van der Waals surface area contributed by atoms with Crippen molar-refractivity contribution in [1.82, 2.24) is 20.1 Å². The molecule has 3 rings (SSSR count). The molecule has 1 amide bonds. The number of para-hydroxylation sites is 1. The van der Waals surface area contributed by atoms with Crippen LogP contribution in [0.15, 0.2) is 42.7 Å². The standard InChI is InChI=1S/C14H13N5O/c1-16-14(20)11-6-8-19(18-11)12-5-7-17-13-9(12)3-2-4-10(13)15/h2-8H,15H2,1H3,(H,16,20). The van der Waals surface area contributed by atoms with Gasteiger partial charge in [-0.3, -0.25) is 9.78 Å². The van der Waals surface area contributed by atoms with Crippen LogP contribution < -0.4 is 11.1 Å². The fourth-order valence-corrected chi connectivity index (χ4v) is 2.09. The lowest BCUT2D eigenvalue weighted by atomic mass is 10.1. The summed E-state index contributed by atoms with van der Waals surface area (Å²) in [5.74, 6) is -0.221. The molecule has 2 aromatic heterocycles. The number of carbonyl (C=O) groups excluding carboxylic acids is 1. The number of nitrogen functional groups attached to an aromatic ring is 1. The van der Waals surface area contributed by atoms with Gasteiger partial charge in [-0.15, -0.1) is 0 Å². The van der Waals surface area contributed by atoms with E-state index in [9.17, 15) is 4.79 Å². The van der Waals surface area contributed by atoms with Crippen molar-refractivity contribution in [3.63, 3.8) is 0 Å². The van der Waals surface area contributed by atoms with Crippen LogP contribution in [0.1, 0.15) is 10.5 Å². The minimum atomic E-state index is -0.221. The summed E-state index contributed by atoms with van der Waals surface area (Å²) in [7, 11) is 1.57. The lowest BCUT2D eigenvalue weighted by Crippen LogP contribution is -2.18. The van der Waals surface area contributed by atoms with Crippen molar-refractivity contribution < 1.29 is 4.79 Å². The van der Waals surface area contributed by atoms with Crippen molar-refractivity contribution in [3.05, 3.63) is 48.4 Å². The monoisotopic (exact) mass is 267 g/mol. The highest BCUT2D eigenvalue weighted by Gasteiger charge is 2.10. The maximum atomic E-state index is 11.6. The normalized spacial score (nSPS) is 10.7. The van der Waals surface area contributed by atoms with Gasteiger partial charge in [0.15, 0.2) is 5.69 Å². The van der Waals surface area contributed by atoms with Crippen LogP contribution in [0, 0.1) is 0 Å². The second-order valence-electron chi connectivity index (χ2n) is 4.30. The predicted octanol–water partition coefficient (Wildman–Crippen LogP) is 1.36. The minimum Gasteiger partial charge on any atom is -0.397 e. The van der Waals surface area contributed by atoms with E-state index in [1.807, 2.05) is 18.2 Å². The van der Waals surface area contributed by atoms with Crippen molar-refractivity contribution in [1.29, 1.82) is 0 Å². The third-order valence-corrected chi connectivity index (χ3v) is 3.07. The second-order valence-corrected chi connectivity index (χ2v) is 4.30. The van der Waals surface area contributed by atoms with Gasteiger partial charge in [-0.05, 0) is 18.2 Å². The summed E-state index contributed by atoms with van der Waals surface area (Å²) in [6.07, 6.45) is 3.41. The zero-order valence-electron chi connectivity index (χ0n) is 10.9. The Bertz CT molecular complexity index is 793. The molecule has 100 valence electrons. The first-order valence-corrected chi connectivity index (χ1v) is 6.12. The third-order valence-electron chi connectivity index (χ3n) is 3.07. The number of hydrogen-bond acceptors (Lipinski definition) is 4. The van der Waals surface area contributed by atoms with E-state index in [4.69, 9.17) is 5.73 Å². The molecule has 0 bridgehead atoms. The smallest absolute Gasteiger partial charge is 0.271 e. The van der Waals surface area contributed by atoms with Gasteiger partial charge in [-0.25, -0.2) is 4.68 Å². The van der Waals surface area contributed by atoms with E-state index in [1.54, 1.807) is 36.3 Å². The predicted molar refractivity (Wildman–Crippen MR) is 76.7 cm³/mol. The van der Waals surface area contributed by atoms with Crippen molar-refractivity contribution in [2.24, 2.45) is 0 Å². The van der Waals surface area contributed by atoms with Gasteiger partial charge in [0.2, 0.25) is 0 Å². The summed E-state index contributed by atoms with van der Waals surface area (Å²) < 4.78 is 1.65. The highest BCUT2D eigenvalue weighted by molar-refractivity contribution is 5.95. The van der Waals surface area contributed by atoms with Gasteiger partial charge < -0.3 is 11.1 Å². The number of nitrogens with zero attached hydrogens (tertiary/aromatic N) is 3. The summed E-state index contributed by atoms with van der Waals surface area (Å²) in [4.78, 5) is 15.8. The Labute approximate surface area is 115 Å². The third kappa shape index (κ3) is 1.87. The Morgan fingerprint density at radius 3 is 2.95 bits per heavy atom. The molecule has 0 spiro atoms. The maximum absolute atomic E-state index is 11.6. The van der Waals surface area contributed by atoms with Crippen LogP contribution >= 0.6 is 0 Å². The van der Waals surface area contributed by atoms with E-state index >= 15 is 0 Å². The number of pyridine rings is 1. The number of anilines is 1. The largest absolute Gasteiger partial charge is 0.397 e. The molecule has 3 aromatic rings. The average molecular weight is 267 g/mol. The van der Waals surface area contributed by atoms with E-state index in [1.165, 1.54) is 0 Å². The Morgan fingerprint density at radius 1 is 1.30 bits per heavy atom. The van der Waals surface area contributed by atoms with Gasteiger partial charge >= 0.3 is 0 Å². The Hall–Kier alpha value is -2.89. The number of nitrogens with two attached hydrogens (primary N) is 1. The molecule has 1 aromatic carbocycles. The summed E-state index contributed by atoms with van der Waals surface area (Å²) in [6, 6.07) is 9.10. The van der Waals surface area contributed by atoms with E-state index in [0.717, 1.165) is 16.6 Å². The highest BCUT2D eigenvalue weighted by Crippen LogP contribution is 2.24. The fraction of sp³-hybridized carbons (Fsp3) is 0.0714. The van der Waals surface area contributed by atoms with Crippen LogP contribution in [0.25, 0.3) is 16.6 Å². The van der Waals surface area contributed by atoms with Crippen LogP contribution in [-0.4, -0.2) is 27.7 Å². The van der Waals surface area contributed by atoms with Crippen molar-refractivity contribution in [2.75, 3.05) is 12.8 Å². The lowest BCUT2D eigenvalue weighted by molar-refractivity contribution is 0.0958. The molecule has 6 heteroatoms. The van der Waals surface area contributed by atoms with Crippen LogP contribution in [0.5, 0.6) is 0 Å². The molecule has 6 nitrogen and oxygen atoms in total. The number of amides is 1. The van der Waals surface area contributed by atoms with Crippen LogP contribution in [-0.2, 0) is 0 Å². The summed E-state index contributed by atoms with van der Waals surface area (Å²) in [6.45, 7) is 0. The Morgan fingerprint density at radius 2 is 2.15 bits per heavy atom. The molecule has 0 aliphatic carbocycles. The van der Waals surface area contributed by atoms with E-state index in [0.29, 0.717) is 11.4 Å². The molecule has 2 heterocycles. The molecule has 0 aliphatic heterocycles. The summed E-state index contributed by atoms with van der Waals surface area (Å²) in [5.41, 5.74) is 8.45. The molecular weight excluding hydrogens is 254 g/mol. The first kappa shape index (κ1) is 12.2. The molecule has 0 saturated carbocycles. The second kappa shape index (κ2) is 4.65. The van der Waals surface area contributed by atoms with Crippen molar-refractivity contribution in [2.45, 2.75) is 0 Å². The fourth-order valence-electron chi connectivity index (χ4n) is 2.09. The molecule has 0 aliphatic rings. The van der Waals surface area contributed by atoms with E-state index < -0.39 is 0 Å². The number of benzene rings is 1. The number of carbonyl (C=O) groups is 1. The number of aromatic nitrogens is 3. The van der Waals surface area contributed by atoms with Crippen LogP contribution in [0.3, 0.4) is 0 Å². The molecule has 20 heavy (non-hydrogen) atoms. The molecule has 0 unspecified atom stereocenters. The topological polar surface area (TPSA) is 85.8 Å². The number of rotatable bonds is 2. The Kier molecular flexibility index (Phi) is 2.83. The van der Waals surface area contributed by atoms with E-state index in [2.05, 4.69) is 15.4 Å². The zero-order chi connectivity index (χ0) is 14.1. The zero-order valence-corrected chi connectivity index (χ0v) is 10.9. The van der Waals surface area contributed by atoms with Crippen molar-refractivity contribution in [3.8, 4) is 5.69 Å². The van der Waals surface area contributed by atoms with Gasteiger partial charge in [0.1, 0.15) is 0 Å². The lowest BCUT2D eigenvalue weighted by Gasteiger charge is -2.07. The average Bonchev–Trinajstić information content (AvgIpc) is 2.96. The minimum absolute atomic E-state index is 0.221. The summed E-state index contributed by atoms with van der Waals surface area (Å²) in [5, 5.41) is 7.70. The number of fused-ring (bicyclic) bond motifs is 1. The molecule has 0 radical (unpaired) electrons. The first-order valence-electron chi connectivity index (χ1n) is 6.12. The highest BCUT2D eigenvalue weighted by atomic mass is 16.1. The first-order chi connectivity index (χ1) is 9.70. The Balaban J connectivity index is 2.17. The molecular formula is C14H13N5O. The quantitative estimate of drug-likeness (QED) is 0.686. The van der Waals surface area contributed by atoms with Gasteiger partial charge in [0.05, 0.1) is 16.9 Å². The number of hydrogen-bond donors (Lipinski definition) is 2. The summed E-state index contributed by atoms with van der Waals surface area (Å²) >= 11 is 0. The van der Waals surface area contributed by atoms with Crippen LogP contribution in [0.4, 0.5) is 5.69 Å².